The molecule has 2 N–H and O–H groups in total. The monoisotopic (exact) mass is 302 g/mol. The number of aliphatic hydroxyl groups excluding tert-OH is 1. The smallest absolute Gasteiger partial charge is 0.159 e. The van der Waals surface area contributed by atoms with Crippen molar-refractivity contribution in [1.29, 1.82) is 0 Å². The molecule has 0 radical (unpaired) electrons. The molecule has 0 saturated carbocycles. The van der Waals surface area contributed by atoms with Crippen molar-refractivity contribution in [3.8, 4) is 0 Å². The highest BCUT2D eigenvalue weighted by Gasteiger charge is 2.21. The third kappa shape index (κ3) is 3.94. The van der Waals surface area contributed by atoms with Gasteiger partial charge in [-0.3, -0.25) is 4.79 Å². The first-order valence-corrected chi connectivity index (χ1v) is 7.46. The predicted molar refractivity (Wildman–Crippen MR) is 83.7 cm³/mol. The molecule has 0 heterocycles. The molecular weight excluding hydrogens is 284 g/mol. The minimum Gasteiger partial charge on any atom is -0.393 e. The van der Waals surface area contributed by atoms with E-state index in [1.54, 1.807) is 43.8 Å². The zero-order valence-corrected chi connectivity index (χ0v) is 12.9. The molecule has 1 unspecified atom stereocenters. The molecule has 21 heavy (non-hydrogen) atoms. The Kier molecular flexibility index (Phi) is 4.83. The highest BCUT2D eigenvalue weighted by molar-refractivity contribution is 7.99. The van der Waals surface area contributed by atoms with E-state index in [0.29, 0.717) is 11.1 Å². The van der Waals surface area contributed by atoms with Crippen molar-refractivity contribution in [3.63, 3.8) is 0 Å². The number of carbonyl (C=O) groups is 1. The van der Waals surface area contributed by atoms with Crippen molar-refractivity contribution in [2.45, 2.75) is 29.2 Å². The van der Waals surface area contributed by atoms with Gasteiger partial charge in [-0.1, -0.05) is 36.0 Å². The van der Waals surface area contributed by atoms with Gasteiger partial charge in [-0.15, -0.1) is 0 Å². The van der Waals surface area contributed by atoms with Crippen LogP contribution in [0.5, 0.6) is 0 Å². The summed E-state index contributed by atoms with van der Waals surface area (Å²) >= 11 is 1.54. The van der Waals surface area contributed by atoms with Crippen LogP contribution in [0.4, 0.5) is 0 Å². The summed E-state index contributed by atoms with van der Waals surface area (Å²) in [6, 6.07) is 14.9. The third-order valence-corrected chi connectivity index (χ3v) is 4.26. The van der Waals surface area contributed by atoms with Crippen LogP contribution in [0.2, 0.25) is 0 Å². The van der Waals surface area contributed by atoms with Crippen molar-refractivity contribution in [2.75, 3.05) is 6.61 Å². The Morgan fingerprint density at radius 1 is 1.14 bits per heavy atom. The van der Waals surface area contributed by atoms with E-state index in [9.17, 15) is 15.0 Å². The second-order valence-electron chi connectivity index (χ2n) is 5.14. The molecule has 2 rings (SSSR count). The van der Waals surface area contributed by atoms with Crippen LogP contribution in [-0.2, 0) is 5.60 Å². The maximum absolute atomic E-state index is 11.2. The molecule has 2 aromatic rings. The molecule has 0 aliphatic carbocycles. The van der Waals surface area contributed by atoms with Gasteiger partial charge in [0, 0.05) is 15.4 Å². The Balaban J connectivity index is 2.20. The summed E-state index contributed by atoms with van der Waals surface area (Å²) in [6.07, 6.45) is 0. The summed E-state index contributed by atoms with van der Waals surface area (Å²) in [5.41, 5.74) is 0.126. The fraction of sp³-hybridized carbons (Fsp3) is 0.235. The fourth-order valence-electron chi connectivity index (χ4n) is 1.88. The lowest BCUT2D eigenvalue weighted by Crippen LogP contribution is -2.25. The zero-order valence-electron chi connectivity index (χ0n) is 12.0. The van der Waals surface area contributed by atoms with Gasteiger partial charge in [-0.25, -0.2) is 0 Å². The van der Waals surface area contributed by atoms with Crippen molar-refractivity contribution < 1.29 is 15.0 Å². The lowest BCUT2D eigenvalue weighted by molar-refractivity contribution is -0.00244. The molecule has 0 aliphatic heterocycles. The Bertz CT molecular complexity index is 633. The summed E-state index contributed by atoms with van der Waals surface area (Å²) in [4.78, 5) is 13.2. The van der Waals surface area contributed by atoms with Crippen LogP contribution >= 0.6 is 11.8 Å². The lowest BCUT2D eigenvalue weighted by Gasteiger charge is -2.21. The molecule has 110 valence electrons. The van der Waals surface area contributed by atoms with E-state index in [1.807, 2.05) is 30.3 Å². The molecule has 0 bridgehead atoms. The molecule has 0 aromatic heterocycles. The van der Waals surface area contributed by atoms with Crippen LogP contribution in [0.15, 0.2) is 58.3 Å². The number of aliphatic hydroxyl groups is 2. The normalized spacial score (nSPS) is 13.7. The molecule has 0 saturated heterocycles. The Morgan fingerprint density at radius 3 is 2.38 bits per heavy atom. The van der Waals surface area contributed by atoms with Gasteiger partial charge < -0.3 is 10.2 Å². The van der Waals surface area contributed by atoms with E-state index >= 15 is 0 Å². The minimum atomic E-state index is -1.24. The lowest BCUT2D eigenvalue weighted by atomic mass is 9.97. The first-order valence-electron chi connectivity index (χ1n) is 6.65. The molecule has 0 aliphatic rings. The predicted octanol–water partition coefficient (Wildman–Crippen LogP) is 3.24. The average molecular weight is 302 g/mol. The number of ketones is 1. The largest absolute Gasteiger partial charge is 0.393 e. The van der Waals surface area contributed by atoms with Gasteiger partial charge in [-0.05, 0) is 43.7 Å². The van der Waals surface area contributed by atoms with Gasteiger partial charge in [0.1, 0.15) is 5.60 Å². The summed E-state index contributed by atoms with van der Waals surface area (Å²) in [6.45, 7) is 2.80. The minimum absolute atomic E-state index is 0.0486. The fourth-order valence-corrected chi connectivity index (χ4v) is 2.76. The van der Waals surface area contributed by atoms with Crippen LogP contribution in [0.3, 0.4) is 0 Å². The standard InChI is InChI=1S/C17H18O3S/c1-12(19)13-6-8-15(9-7-13)21-16-5-3-4-14(10-16)17(2,20)11-18/h3-10,18,20H,11H2,1-2H3. The van der Waals surface area contributed by atoms with Gasteiger partial charge in [-0.2, -0.15) is 0 Å². The van der Waals surface area contributed by atoms with Gasteiger partial charge in [0.15, 0.2) is 5.78 Å². The SMILES string of the molecule is CC(=O)c1ccc(Sc2cccc(C(C)(O)CO)c2)cc1. The van der Waals surface area contributed by atoms with E-state index < -0.39 is 5.60 Å². The number of carbonyl (C=O) groups excluding carboxylic acids is 1. The Hall–Kier alpha value is -1.62. The summed E-state index contributed by atoms with van der Waals surface area (Å²) in [5, 5.41) is 19.3. The van der Waals surface area contributed by atoms with Crippen LogP contribution in [0.25, 0.3) is 0 Å². The molecule has 3 nitrogen and oxygen atoms in total. The van der Waals surface area contributed by atoms with E-state index in [0.717, 1.165) is 9.79 Å². The number of hydrogen-bond donors (Lipinski definition) is 2. The topological polar surface area (TPSA) is 57.5 Å². The molecule has 1 atom stereocenters. The highest BCUT2D eigenvalue weighted by Crippen LogP contribution is 2.31. The molecule has 0 amide bonds. The maximum atomic E-state index is 11.2. The second kappa shape index (κ2) is 6.43. The quantitative estimate of drug-likeness (QED) is 0.833. The van der Waals surface area contributed by atoms with Crippen LogP contribution in [-0.4, -0.2) is 22.6 Å². The van der Waals surface area contributed by atoms with Gasteiger partial charge in [0.2, 0.25) is 0 Å². The number of benzene rings is 2. The van der Waals surface area contributed by atoms with Gasteiger partial charge in [0.25, 0.3) is 0 Å². The van der Waals surface area contributed by atoms with E-state index in [4.69, 9.17) is 0 Å². The number of rotatable bonds is 5. The molecule has 0 fully saturated rings. The van der Waals surface area contributed by atoms with Crippen LogP contribution < -0.4 is 0 Å². The van der Waals surface area contributed by atoms with E-state index in [2.05, 4.69) is 0 Å². The van der Waals surface area contributed by atoms with Crippen molar-refractivity contribution in [3.05, 3.63) is 59.7 Å². The van der Waals surface area contributed by atoms with Crippen molar-refractivity contribution in [2.24, 2.45) is 0 Å². The Morgan fingerprint density at radius 2 is 1.81 bits per heavy atom. The second-order valence-corrected chi connectivity index (χ2v) is 6.29. The highest BCUT2D eigenvalue weighted by atomic mass is 32.2. The van der Waals surface area contributed by atoms with E-state index in [1.165, 1.54) is 0 Å². The first kappa shape index (κ1) is 15.8. The van der Waals surface area contributed by atoms with Crippen molar-refractivity contribution >= 4 is 17.5 Å². The Labute approximate surface area is 128 Å². The van der Waals surface area contributed by atoms with Crippen LogP contribution in [0.1, 0.15) is 29.8 Å². The maximum Gasteiger partial charge on any atom is 0.159 e. The van der Waals surface area contributed by atoms with Crippen LogP contribution in [0, 0.1) is 0 Å². The summed E-state index contributed by atoms with van der Waals surface area (Å²) < 4.78 is 0. The van der Waals surface area contributed by atoms with Crippen molar-refractivity contribution in [1.82, 2.24) is 0 Å². The molecule has 2 aromatic carbocycles. The third-order valence-electron chi connectivity index (χ3n) is 3.26. The number of Topliss-reactive ketones (excluding diaryl/α,β-unsaturated/α-hetero) is 1. The number of hydrogen-bond acceptors (Lipinski definition) is 4. The molecule has 4 heteroatoms. The zero-order chi connectivity index (χ0) is 15.5. The summed E-state index contributed by atoms with van der Waals surface area (Å²) in [7, 11) is 0. The van der Waals surface area contributed by atoms with E-state index in [-0.39, 0.29) is 12.4 Å². The van der Waals surface area contributed by atoms with Gasteiger partial charge in [0.05, 0.1) is 6.61 Å². The first-order chi connectivity index (χ1) is 9.92. The summed E-state index contributed by atoms with van der Waals surface area (Å²) in [5.74, 6) is 0.0486. The van der Waals surface area contributed by atoms with Gasteiger partial charge >= 0.3 is 0 Å². The average Bonchev–Trinajstić information content (AvgIpc) is 2.48. The molecule has 0 spiro atoms. The molecular formula is C17H18O3S.